The van der Waals surface area contributed by atoms with Gasteiger partial charge >= 0.3 is 0 Å². The van der Waals surface area contributed by atoms with Gasteiger partial charge in [0.1, 0.15) is 5.75 Å². The summed E-state index contributed by atoms with van der Waals surface area (Å²) >= 11 is 3.52. The van der Waals surface area contributed by atoms with Crippen LogP contribution >= 0.6 is 15.9 Å². The molecule has 1 unspecified atom stereocenters. The summed E-state index contributed by atoms with van der Waals surface area (Å²) in [5.41, 5.74) is 3.55. The molecule has 1 aromatic rings. The average Bonchev–Trinajstić information content (AvgIpc) is 2.83. The van der Waals surface area contributed by atoms with E-state index in [9.17, 15) is 5.11 Å². The van der Waals surface area contributed by atoms with Gasteiger partial charge in [-0.05, 0) is 52.4 Å². The van der Waals surface area contributed by atoms with Crippen molar-refractivity contribution in [3.8, 4) is 5.75 Å². The maximum absolute atomic E-state index is 10.3. The first-order valence-corrected chi connectivity index (χ1v) is 6.92. The SMILES string of the molecule is Oc1c(C2CNCCO2)cc2c(c1Br)CCC2. The Balaban J connectivity index is 2.01. The first-order valence-electron chi connectivity index (χ1n) is 6.13. The highest BCUT2D eigenvalue weighted by Crippen LogP contribution is 2.41. The number of benzene rings is 1. The standard InChI is InChI=1S/C13H16BrNO2/c14-12-9-3-1-2-8(9)6-10(13(12)16)11-7-15-4-5-17-11/h6,11,15-16H,1-5,7H2. The fraction of sp³-hybridized carbons (Fsp3) is 0.538. The molecule has 1 aromatic carbocycles. The van der Waals surface area contributed by atoms with E-state index in [4.69, 9.17) is 4.74 Å². The van der Waals surface area contributed by atoms with E-state index >= 15 is 0 Å². The average molecular weight is 298 g/mol. The summed E-state index contributed by atoms with van der Waals surface area (Å²) in [5.74, 6) is 0.361. The number of fused-ring (bicyclic) bond motifs is 1. The first-order chi connectivity index (χ1) is 8.27. The van der Waals surface area contributed by atoms with E-state index in [2.05, 4.69) is 27.3 Å². The molecule has 3 nitrogen and oxygen atoms in total. The molecule has 1 heterocycles. The minimum atomic E-state index is -0.0223. The molecule has 3 rings (SSSR count). The van der Waals surface area contributed by atoms with Crippen LogP contribution < -0.4 is 5.32 Å². The molecule has 0 saturated carbocycles. The second-order valence-corrected chi connectivity index (χ2v) is 5.48. The largest absolute Gasteiger partial charge is 0.506 e. The van der Waals surface area contributed by atoms with Crippen molar-refractivity contribution >= 4 is 15.9 Å². The number of aryl methyl sites for hydroxylation is 1. The van der Waals surface area contributed by atoms with Gasteiger partial charge in [-0.15, -0.1) is 0 Å². The molecule has 2 aliphatic rings. The number of halogens is 1. The maximum atomic E-state index is 10.3. The predicted molar refractivity (Wildman–Crippen MR) is 69.4 cm³/mol. The van der Waals surface area contributed by atoms with Crippen LogP contribution in [-0.2, 0) is 17.6 Å². The number of nitrogens with one attached hydrogen (secondary N) is 1. The van der Waals surface area contributed by atoms with E-state index in [1.54, 1.807) is 0 Å². The van der Waals surface area contributed by atoms with Crippen molar-refractivity contribution in [3.05, 3.63) is 27.2 Å². The first kappa shape index (κ1) is 11.5. The predicted octanol–water partition coefficient (Wildman–Crippen LogP) is 2.30. The molecular weight excluding hydrogens is 282 g/mol. The highest BCUT2D eigenvalue weighted by molar-refractivity contribution is 9.10. The van der Waals surface area contributed by atoms with Crippen molar-refractivity contribution in [2.75, 3.05) is 19.7 Å². The number of hydrogen-bond donors (Lipinski definition) is 2. The number of ether oxygens (including phenoxy) is 1. The summed E-state index contributed by atoms with van der Waals surface area (Å²) < 4.78 is 6.59. The highest BCUT2D eigenvalue weighted by atomic mass is 79.9. The number of aromatic hydroxyl groups is 1. The number of phenolic OH excluding ortho intramolecular Hbond substituents is 1. The Morgan fingerprint density at radius 2 is 2.29 bits per heavy atom. The van der Waals surface area contributed by atoms with Crippen molar-refractivity contribution in [1.29, 1.82) is 0 Å². The molecule has 17 heavy (non-hydrogen) atoms. The summed E-state index contributed by atoms with van der Waals surface area (Å²) in [6.07, 6.45) is 3.33. The van der Waals surface area contributed by atoms with Crippen LogP contribution in [0.25, 0.3) is 0 Å². The summed E-state index contributed by atoms with van der Waals surface area (Å²) in [6, 6.07) is 2.13. The van der Waals surface area contributed by atoms with Gasteiger partial charge in [0.05, 0.1) is 17.2 Å². The van der Waals surface area contributed by atoms with Gasteiger partial charge in [-0.1, -0.05) is 0 Å². The lowest BCUT2D eigenvalue weighted by Gasteiger charge is -2.25. The Kier molecular flexibility index (Phi) is 3.11. The van der Waals surface area contributed by atoms with Crippen LogP contribution in [-0.4, -0.2) is 24.8 Å². The smallest absolute Gasteiger partial charge is 0.135 e. The lowest BCUT2D eigenvalue weighted by Crippen LogP contribution is -2.33. The van der Waals surface area contributed by atoms with E-state index in [1.807, 2.05) is 0 Å². The molecule has 0 bridgehead atoms. The third-order valence-corrected chi connectivity index (χ3v) is 4.47. The van der Waals surface area contributed by atoms with Gasteiger partial charge in [-0.3, -0.25) is 0 Å². The van der Waals surface area contributed by atoms with Gasteiger partial charge in [-0.2, -0.15) is 0 Å². The highest BCUT2D eigenvalue weighted by Gasteiger charge is 2.25. The van der Waals surface area contributed by atoms with Crippen LogP contribution in [0.1, 0.15) is 29.2 Å². The molecule has 1 atom stereocenters. The Morgan fingerprint density at radius 3 is 3.06 bits per heavy atom. The third-order valence-electron chi connectivity index (χ3n) is 3.61. The van der Waals surface area contributed by atoms with E-state index in [-0.39, 0.29) is 6.10 Å². The lowest BCUT2D eigenvalue weighted by molar-refractivity contribution is 0.0262. The van der Waals surface area contributed by atoms with Crippen molar-refractivity contribution < 1.29 is 9.84 Å². The molecule has 0 spiro atoms. The lowest BCUT2D eigenvalue weighted by atomic mass is 10.0. The Morgan fingerprint density at radius 1 is 1.41 bits per heavy atom. The van der Waals surface area contributed by atoms with Gasteiger partial charge in [0, 0.05) is 18.7 Å². The Labute approximate surface area is 109 Å². The molecule has 0 aromatic heterocycles. The van der Waals surface area contributed by atoms with Crippen LogP contribution in [0.3, 0.4) is 0 Å². The van der Waals surface area contributed by atoms with Gasteiger partial charge < -0.3 is 15.2 Å². The van der Waals surface area contributed by atoms with Gasteiger partial charge in [-0.25, -0.2) is 0 Å². The van der Waals surface area contributed by atoms with Crippen molar-refractivity contribution in [3.63, 3.8) is 0 Å². The zero-order valence-corrected chi connectivity index (χ0v) is 11.2. The van der Waals surface area contributed by atoms with Gasteiger partial charge in [0.15, 0.2) is 0 Å². The molecule has 4 heteroatoms. The van der Waals surface area contributed by atoms with Crippen molar-refractivity contribution in [2.24, 2.45) is 0 Å². The van der Waals surface area contributed by atoms with E-state index in [1.165, 1.54) is 17.5 Å². The van der Waals surface area contributed by atoms with Crippen LogP contribution in [0.4, 0.5) is 0 Å². The van der Waals surface area contributed by atoms with E-state index < -0.39 is 0 Å². The third kappa shape index (κ3) is 1.98. The maximum Gasteiger partial charge on any atom is 0.135 e. The van der Waals surface area contributed by atoms with E-state index in [0.717, 1.165) is 36.0 Å². The van der Waals surface area contributed by atoms with E-state index in [0.29, 0.717) is 12.4 Å². The molecule has 1 fully saturated rings. The Bertz CT molecular complexity index is 442. The Hall–Kier alpha value is -0.580. The van der Waals surface area contributed by atoms with Crippen LogP contribution in [0.2, 0.25) is 0 Å². The molecular formula is C13H16BrNO2. The monoisotopic (exact) mass is 297 g/mol. The summed E-state index contributed by atoms with van der Waals surface area (Å²) in [5, 5.41) is 13.6. The molecule has 0 radical (unpaired) electrons. The molecule has 92 valence electrons. The number of morpholine rings is 1. The normalized spacial score (nSPS) is 23.7. The second kappa shape index (κ2) is 4.59. The summed E-state index contributed by atoms with van der Waals surface area (Å²) in [7, 11) is 0. The van der Waals surface area contributed by atoms with Crippen LogP contribution in [0.5, 0.6) is 5.75 Å². The molecule has 1 aliphatic carbocycles. The molecule has 0 amide bonds. The molecule has 1 aliphatic heterocycles. The zero-order valence-electron chi connectivity index (χ0n) is 9.63. The minimum absolute atomic E-state index is 0.0223. The summed E-state index contributed by atoms with van der Waals surface area (Å²) in [6.45, 7) is 2.38. The van der Waals surface area contributed by atoms with Crippen molar-refractivity contribution in [1.82, 2.24) is 5.32 Å². The van der Waals surface area contributed by atoms with Gasteiger partial charge in [0.25, 0.3) is 0 Å². The molecule has 2 N–H and O–H groups in total. The minimum Gasteiger partial charge on any atom is -0.506 e. The molecule has 1 saturated heterocycles. The zero-order chi connectivity index (χ0) is 11.8. The van der Waals surface area contributed by atoms with Gasteiger partial charge in [0.2, 0.25) is 0 Å². The fourth-order valence-corrected chi connectivity index (χ4v) is 3.40. The number of rotatable bonds is 1. The second-order valence-electron chi connectivity index (χ2n) is 4.68. The van der Waals surface area contributed by atoms with Crippen molar-refractivity contribution in [2.45, 2.75) is 25.4 Å². The fourth-order valence-electron chi connectivity index (χ4n) is 2.71. The van der Waals surface area contributed by atoms with Crippen LogP contribution in [0.15, 0.2) is 10.5 Å². The summed E-state index contributed by atoms with van der Waals surface area (Å²) in [4.78, 5) is 0. The number of phenols is 1. The van der Waals surface area contributed by atoms with Crippen LogP contribution in [0, 0.1) is 0 Å². The number of hydrogen-bond acceptors (Lipinski definition) is 3. The quantitative estimate of drug-likeness (QED) is 0.836. The topological polar surface area (TPSA) is 41.5 Å².